The van der Waals surface area contributed by atoms with Gasteiger partial charge in [-0.05, 0) is 35.6 Å². The molecule has 1 unspecified atom stereocenters. The molecule has 2 aromatic rings. The minimum Gasteiger partial charge on any atom is -0.389 e. The molecule has 0 saturated carbocycles. The van der Waals surface area contributed by atoms with Gasteiger partial charge in [0.05, 0.1) is 6.10 Å². The van der Waals surface area contributed by atoms with Gasteiger partial charge in [0.25, 0.3) is 0 Å². The number of halogens is 2. The van der Waals surface area contributed by atoms with Crippen molar-refractivity contribution >= 4 is 41.2 Å². The Bertz CT molecular complexity index is 726. The Hall–Kier alpha value is -1.89. The van der Waals surface area contributed by atoms with Crippen molar-refractivity contribution in [1.82, 2.24) is 9.55 Å². The lowest BCUT2D eigenvalue weighted by atomic mass is 10.2. The average Bonchev–Trinajstić information content (AvgIpc) is 2.80. The summed E-state index contributed by atoms with van der Waals surface area (Å²) in [6.07, 6.45) is 3.71. The molecular formula is C14H13Cl2N3O3. The first-order valence-corrected chi connectivity index (χ1v) is 7.15. The lowest BCUT2D eigenvalue weighted by molar-refractivity contribution is -0.392. The molecule has 116 valence electrons. The molecule has 0 amide bonds. The second-order valence-electron chi connectivity index (χ2n) is 4.69. The van der Waals surface area contributed by atoms with Gasteiger partial charge in [0.1, 0.15) is 12.7 Å². The number of benzene rings is 1. The van der Waals surface area contributed by atoms with Crippen molar-refractivity contribution in [3.63, 3.8) is 0 Å². The van der Waals surface area contributed by atoms with Gasteiger partial charge in [-0.15, -0.1) is 0 Å². The van der Waals surface area contributed by atoms with Crippen molar-refractivity contribution in [2.45, 2.75) is 19.6 Å². The molecule has 1 aromatic heterocycles. The molecule has 1 aromatic carbocycles. The van der Waals surface area contributed by atoms with Crippen molar-refractivity contribution in [3.05, 3.63) is 55.9 Å². The molecule has 0 bridgehead atoms. The lowest BCUT2D eigenvalue weighted by Gasteiger charge is -2.05. The second kappa shape index (κ2) is 6.91. The van der Waals surface area contributed by atoms with Gasteiger partial charge in [0.15, 0.2) is 0 Å². The van der Waals surface area contributed by atoms with Gasteiger partial charge < -0.3 is 15.2 Å². The van der Waals surface area contributed by atoms with E-state index >= 15 is 0 Å². The summed E-state index contributed by atoms with van der Waals surface area (Å²) in [6, 6.07) is 5.03. The highest BCUT2D eigenvalue weighted by Gasteiger charge is 2.19. The zero-order valence-electron chi connectivity index (χ0n) is 11.6. The number of hydrogen-bond acceptors (Lipinski definition) is 4. The lowest BCUT2D eigenvalue weighted by Crippen LogP contribution is -2.14. The predicted octanol–water partition coefficient (Wildman–Crippen LogP) is 3.65. The predicted molar refractivity (Wildman–Crippen MR) is 86.0 cm³/mol. The first-order valence-electron chi connectivity index (χ1n) is 6.39. The minimum absolute atomic E-state index is 0.0737. The van der Waals surface area contributed by atoms with Crippen LogP contribution in [0.3, 0.4) is 0 Å². The summed E-state index contributed by atoms with van der Waals surface area (Å²) in [6.45, 7) is 1.62. The molecule has 0 spiro atoms. The van der Waals surface area contributed by atoms with Crippen molar-refractivity contribution in [3.8, 4) is 0 Å². The minimum atomic E-state index is -0.737. The fourth-order valence-corrected chi connectivity index (χ4v) is 2.38. The highest BCUT2D eigenvalue weighted by atomic mass is 35.5. The van der Waals surface area contributed by atoms with E-state index < -0.39 is 11.0 Å². The van der Waals surface area contributed by atoms with Crippen LogP contribution in [0.4, 0.5) is 5.82 Å². The second-order valence-corrected chi connectivity index (χ2v) is 5.53. The highest BCUT2D eigenvalue weighted by molar-refractivity contribution is 6.35. The number of aliphatic hydroxyl groups is 1. The van der Waals surface area contributed by atoms with Gasteiger partial charge in [-0.2, -0.15) is 0 Å². The maximum atomic E-state index is 11.0. The van der Waals surface area contributed by atoms with Gasteiger partial charge in [-0.1, -0.05) is 29.3 Å². The monoisotopic (exact) mass is 341 g/mol. The van der Waals surface area contributed by atoms with Crippen LogP contribution in [-0.4, -0.2) is 25.7 Å². The fourth-order valence-electron chi connectivity index (χ4n) is 1.91. The molecule has 0 aliphatic rings. The third-order valence-corrected chi connectivity index (χ3v) is 3.44. The molecule has 1 atom stereocenters. The average molecular weight is 342 g/mol. The van der Waals surface area contributed by atoms with Crippen molar-refractivity contribution < 1.29 is 10.0 Å². The summed E-state index contributed by atoms with van der Waals surface area (Å²) < 4.78 is 1.34. The number of aromatic nitrogens is 2. The smallest absolute Gasteiger partial charge is 0.343 e. The zero-order chi connectivity index (χ0) is 16.3. The van der Waals surface area contributed by atoms with E-state index in [-0.39, 0.29) is 12.4 Å². The molecule has 1 N–H and O–H groups in total. The topological polar surface area (TPSA) is 81.2 Å². The molecule has 8 heteroatoms. The number of rotatable bonds is 5. The Kier molecular flexibility index (Phi) is 5.18. The number of nitrogens with zero attached hydrogens (tertiary/aromatic N) is 3. The van der Waals surface area contributed by atoms with E-state index in [1.807, 2.05) is 0 Å². The third kappa shape index (κ3) is 3.85. The van der Waals surface area contributed by atoms with E-state index in [0.29, 0.717) is 21.4 Å². The number of imidazole rings is 1. The molecule has 0 aliphatic heterocycles. The summed E-state index contributed by atoms with van der Waals surface area (Å²) in [5, 5.41) is 21.5. The summed E-state index contributed by atoms with van der Waals surface area (Å²) in [4.78, 5) is 14.5. The molecule has 0 fully saturated rings. The summed E-state index contributed by atoms with van der Waals surface area (Å²) in [7, 11) is 0. The Morgan fingerprint density at radius 3 is 2.77 bits per heavy atom. The first-order chi connectivity index (χ1) is 10.4. The molecule has 1 heterocycles. The Morgan fingerprint density at radius 1 is 1.45 bits per heavy atom. The van der Waals surface area contributed by atoms with Crippen LogP contribution in [0.2, 0.25) is 10.0 Å². The van der Waals surface area contributed by atoms with Crippen LogP contribution in [0.15, 0.2) is 24.4 Å². The molecule has 0 radical (unpaired) electrons. The van der Waals surface area contributed by atoms with E-state index in [2.05, 4.69) is 4.98 Å². The van der Waals surface area contributed by atoms with Gasteiger partial charge in [0.2, 0.25) is 5.82 Å². The summed E-state index contributed by atoms with van der Waals surface area (Å²) in [5.41, 5.74) is 0.709. The molecule has 6 nitrogen and oxygen atoms in total. The van der Waals surface area contributed by atoms with Crippen LogP contribution in [0.25, 0.3) is 12.2 Å². The van der Waals surface area contributed by atoms with E-state index in [1.165, 1.54) is 4.57 Å². The first kappa shape index (κ1) is 16.5. The highest BCUT2D eigenvalue weighted by Crippen LogP contribution is 2.23. The summed E-state index contributed by atoms with van der Waals surface area (Å²) >= 11 is 11.9. The van der Waals surface area contributed by atoms with Crippen LogP contribution < -0.4 is 0 Å². The van der Waals surface area contributed by atoms with Crippen LogP contribution in [0, 0.1) is 10.1 Å². The van der Waals surface area contributed by atoms with Crippen LogP contribution in [0.1, 0.15) is 18.3 Å². The van der Waals surface area contributed by atoms with E-state index in [9.17, 15) is 15.2 Å². The zero-order valence-corrected chi connectivity index (χ0v) is 13.1. The van der Waals surface area contributed by atoms with E-state index in [0.717, 1.165) is 6.20 Å². The quantitative estimate of drug-likeness (QED) is 0.664. The Balaban J connectivity index is 2.36. The van der Waals surface area contributed by atoms with Gasteiger partial charge >= 0.3 is 5.82 Å². The molecular weight excluding hydrogens is 329 g/mol. The van der Waals surface area contributed by atoms with Gasteiger partial charge in [-0.3, -0.25) is 0 Å². The maximum Gasteiger partial charge on any atom is 0.343 e. The van der Waals surface area contributed by atoms with Gasteiger partial charge in [0, 0.05) is 16.1 Å². The van der Waals surface area contributed by atoms with Crippen molar-refractivity contribution in [1.29, 1.82) is 0 Å². The van der Waals surface area contributed by atoms with Crippen molar-refractivity contribution in [2.24, 2.45) is 0 Å². The number of aliphatic hydroxyl groups excluding tert-OH is 1. The third-order valence-electron chi connectivity index (χ3n) is 2.87. The molecule has 22 heavy (non-hydrogen) atoms. The molecule has 2 rings (SSSR count). The Morgan fingerprint density at radius 2 is 2.18 bits per heavy atom. The van der Waals surface area contributed by atoms with Crippen LogP contribution in [-0.2, 0) is 6.54 Å². The number of nitro groups is 1. The maximum absolute atomic E-state index is 11.0. The number of hydrogen-bond donors (Lipinski definition) is 1. The standard InChI is InChI=1S/C14H13Cl2N3O3/c1-9(20)8-18-13(17-7-14(18)19(21)22)5-3-10-2-4-11(15)6-12(10)16/h2-7,9,20H,8H2,1H3/b5-3+. The Labute approximate surface area is 136 Å². The van der Waals surface area contributed by atoms with Crippen molar-refractivity contribution in [2.75, 3.05) is 0 Å². The van der Waals surface area contributed by atoms with E-state index in [1.54, 1.807) is 37.3 Å². The van der Waals surface area contributed by atoms with E-state index in [4.69, 9.17) is 23.2 Å². The normalized spacial score (nSPS) is 12.7. The largest absolute Gasteiger partial charge is 0.389 e. The SMILES string of the molecule is CC(O)Cn1c([N+](=O)[O-])cnc1/C=C/c1ccc(Cl)cc1Cl. The van der Waals surface area contributed by atoms with Crippen LogP contribution >= 0.6 is 23.2 Å². The molecule has 0 saturated heterocycles. The summed E-state index contributed by atoms with van der Waals surface area (Å²) in [5.74, 6) is 0.182. The van der Waals surface area contributed by atoms with Gasteiger partial charge in [-0.25, -0.2) is 9.55 Å². The van der Waals surface area contributed by atoms with Crippen LogP contribution in [0.5, 0.6) is 0 Å². The molecule has 0 aliphatic carbocycles. The fraction of sp³-hybridized carbons (Fsp3) is 0.214.